The maximum atomic E-state index is 13.2. The van der Waals surface area contributed by atoms with Crippen LogP contribution in [0.5, 0.6) is 0 Å². The van der Waals surface area contributed by atoms with Crippen molar-refractivity contribution in [2.45, 2.75) is 18.0 Å². The van der Waals surface area contributed by atoms with Crippen molar-refractivity contribution in [3.8, 4) is 16.9 Å². The molecule has 1 atom stereocenters. The van der Waals surface area contributed by atoms with Crippen molar-refractivity contribution in [3.05, 3.63) is 65.9 Å². The number of aryl methyl sites for hydroxylation is 1. The summed E-state index contributed by atoms with van der Waals surface area (Å²) in [6.45, 7) is 1.91. The molecule has 1 heterocycles. The summed E-state index contributed by atoms with van der Waals surface area (Å²) in [5, 5.41) is 3.75. The number of halogens is 3. The van der Waals surface area contributed by atoms with Crippen LogP contribution in [0.2, 0.25) is 0 Å². The summed E-state index contributed by atoms with van der Waals surface area (Å²) in [5.74, 6) is 0. The third-order valence-corrected chi connectivity index (χ3v) is 4.90. The van der Waals surface area contributed by atoms with Crippen molar-refractivity contribution in [1.82, 2.24) is 14.5 Å². The fraction of sp³-hybridized carbons (Fsp3) is 0.167. The van der Waals surface area contributed by atoms with Crippen molar-refractivity contribution in [2.75, 3.05) is 7.05 Å². The molecule has 26 heavy (non-hydrogen) atoms. The summed E-state index contributed by atoms with van der Waals surface area (Å²) in [6.07, 6.45) is -4.54. The lowest BCUT2D eigenvalue weighted by atomic mass is 10.1. The van der Waals surface area contributed by atoms with Crippen LogP contribution in [-0.4, -0.2) is 21.0 Å². The Labute approximate surface area is 151 Å². The minimum absolute atomic E-state index is 0.333. The molecule has 1 aromatic heterocycles. The normalized spacial score (nSPS) is 13.0. The van der Waals surface area contributed by atoms with Crippen LogP contribution < -0.4 is 4.72 Å². The molecule has 0 aliphatic rings. The summed E-state index contributed by atoms with van der Waals surface area (Å²) in [7, 11) is 0.191. The summed E-state index contributed by atoms with van der Waals surface area (Å²) < 4.78 is 55.1. The predicted octanol–water partition coefficient (Wildman–Crippen LogP) is 4.11. The van der Waals surface area contributed by atoms with E-state index in [4.69, 9.17) is 0 Å². The smallest absolute Gasteiger partial charge is 0.238 e. The Morgan fingerprint density at radius 3 is 2.19 bits per heavy atom. The zero-order valence-electron chi connectivity index (χ0n) is 14.0. The standard InChI is InChI=1S/C18H16F3N3OS/c1-12-3-5-13(6-4-12)16-11-17(18(19,20)21)23-24(16)14-7-9-15(10-8-14)26(25)22-2/h3-11,22H,1-2H3. The molecule has 0 aliphatic heterocycles. The van der Waals surface area contributed by atoms with Gasteiger partial charge in [-0.1, -0.05) is 29.8 Å². The average molecular weight is 379 g/mol. The molecule has 1 unspecified atom stereocenters. The second-order valence-electron chi connectivity index (χ2n) is 5.66. The van der Waals surface area contributed by atoms with Crippen LogP contribution in [0.25, 0.3) is 16.9 Å². The molecule has 3 aromatic rings. The van der Waals surface area contributed by atoms with Crippen LogP contribution in [0.3, 0.4) is 0 Å². The topological polar surface area (TPSA) is 46.9 Å². The van der Waals surface area contributed by atoms with Gasteiger partial charge < -0.3 is 0 Å². The number of alkyl halides is 3. The minimum atomic E-state index is -4.54. The number of hydrogen-bond donors (Lipinski definition) is 1. The first-order chi connectivity index (χ1) is 12.3. The van der Waals surface area contributed by atoms with E-state index < -0.39 is 22.9 Å². The van der Waals surface area contributed by atoms with Gasteiger partial charge in [0.2, 0.25) is 0 Å². The van der Waals surface area contributed by atoms with Gasteiger partial charge in [0, 0.05) is 5.56 Å². The zero-order chi connectivity index (χ0) is 18.9. The quantitative estimate of drug-likeness (QED) is 0.742. The summed E-state index contributed by atoms with van der Waals surface area (Å²) >= 11 is 0. The van der Waals surface area contributed by atoms with Crippen molar-refractivity contribution < 1.29 is 17.4 Å². The van der Waals surface area contributed by atoms with E-state index in [1.807, 2.05) is 19.1 Å². The summed E-state index contributed by atoms with van der Waals surface area (Å²) in [4.78, 5) is 0.524. The number of hydrogen-bond acceptors (Lipinski definition) is 2. The van der Waals surface area contributed by atoms with E-state index in [1.54, 1.807) is 43.4 Å². The molecule has 0 fully saturated rings. The second kappa shape index (κ2) is 7.05. The largest absolute Gasteiger partial charge is 0.435 e. The highest BCUT2D eigenvalue weighted by Crippen LogP contribution is 2.33. The monoisotopic (exact) mass is 379 g/mol. The van der Waals surface area contributed by atoms with Crippen LogP contribution in [0, 0.1) is 6.92 Å². The maximum Gasteiger partial charge on any atom is 0.435 e. The average Bonchev–Trinajstić information content (AvgIpc) is 3.07. The van der Waals surface area contributed by atoms with Crippen LogP contribution >= 0.6 is 0 Å². The van der Waals surface area contributed by atoms with Gasteiger partial charge in [0.15, 0.2) is 5.69 Å². The molecule has 8 heteroatoms. The van der Waals surface area contributed by atoms with E-state index in [0.29, 0.717) is 21.8 Å². The lowest BCUT2D eigenvalue weighted by Crippen LogP contribution is -2.10. The molecule has 0 amide bonds. The van der Waals surface area contributed by atoms with Crippen molar-refractivity contribution in [1.29, 1.82) is 0 Å². The number of rotatable bonds is 4. The molecule has 0 spiro atoms. The molecule has 0 radical (unpaired) electrons. The Hall–Kier alpha value is -2.45. The van der Waals surface area contributed by atoms with E-state index in [2.05, 4.69) is 9.82 Å². The number of aromatic nitrogens is 2. The van der Waals surface area contributed by atoms with E-state index in [1.165, 1.54) is 4.68 Å². The fourth-order valence-corrected chi connectivity index (χ4v) is 3.09. The Balaban J connectivity index is 2.11. The Morgan fingerprint density at radius 2 is 1.65 bits per heavy atom. The van der Waals surface area contributed by atoms with Crippen LogP contribution in [0.1, 0.15) is 11.3 Å². The van der Waals surface area contributed by atoms with Crippen LogP contribution in [-0.2, 0) is 17.2 Å². The molecule has 0 saturated carbocycles. The Bertz CT molecular complexity index is 932. The van der Waals surface area contributed by atoms with Crippen molar-refractivity contribution in [3.63, 3.8) is 0 Å². The zero-order valence-corrected chi connectivity index (χ0v) is 14.9. The predicted molar refractivity (Wildman–Crippen MR) is 94.2 cm³/mol. The van der Waals surface area contributed by atoms with E-state index >= 15 is 0 Å². The van der Waals surface area contributed by atoms with Crippen molar-refractivity contribution >= 4 is 11.0 Å². The number of nitrogens with one attached hydrogen (secondary N) is 1. The SMILES string of the molecule is CNS(=O)c1ccc(-n2nc(C(F)(F)F)cc2-c2ccc(C)cc2)cc1. The van der Waals surface area contributed by atoms with E-state index in [0.717, 1.165) is 11.6 Å². The van der Waals surface area contributed by atoms with Gasteiger partial charge >= 0.3 is 6.18 Å². The van der Waals surface area contributed by atoms with Gasteiger partial charge in [-0.3, -0.25) is 0 Å². The summed E-state index contributed by atoms with van der Waals surface area (Å²) in [5.41, 5.74) is 1.46. The highest BCUT2D eigenvalue weighted by molar-refractivity contribution is 7.83. The molecule has 0 saturated heterocycles. The third-order valence-electron chi connectivity index (χ3n) is 3.83. The summed E-state index contributed by atoms with van der Waals surface area (Å²) in [6, 6.07) is 14.6. The van der Waals surface area contributed by atoms with Gasteiger partial charge in [-0.05, 0) is 44.3 Å². The van der Waals surface area contributed by atoms with Gasteiger partial charge in [0.05, 0.1) is 16.3 Å². The number of nitrogens with zero attached hydrogens (tertiary/aromatic N) is 2. The second-order valence-corrected chi connectivity index (χ2v) is 7.07. The lowest BCUT2D eigenvalue weighted by Gasteiger charge is -2.09. The maximum absolute atomic E-state index is 13.2. The molecule has 0 aliphatic carbocycles. The van der Waals surface area contributed by atoms with Gasteiger partial charge in [-0.25, -0.2) is 13.6 Å². The van der Waals surface area contributed by atoms with E-state index in [9.17, 15) is 17.4 Å². The Kier molecular flexibility index (Phi) is 4.97. The molecular weight excluding hydrogens is 363 g/mol. The highest BCUT2D eigenvalue weighted by atomic mass is 32.2. The first-order valence-electron chi connectivity index (χ1n) is 7.73. The van der Waals surface area contributed by atoms with Gasteiger partial charge in [-0.15, -0.1) is 0 Å². The highest BCUT2D eigenvalue weighted by Gasteiger charge is 2.35. The van der Waals surface area contributed by atoms with Crippen LogP contribution in [0.4, 0.5) is 13.2 Å². The molecule has 136 valence electrons. The van der Waals surface area contributed by atoms with E-state index in [-0.39, 0.29) is 0 Å². The van der Waals surface area contributed by atoms with Crippen molar-refractivity contribution in [2.24, 2.45) is 0 Å². The molecule has 3 rings (SSSR count). The van der Waals surface area contributed by atoms with Gasteiger partial charge in [0.1, 0.15) is 11.0 Å². The number of benzene rings is 2. The molecule has 2 aromatic carbocycles. The van der Waals surface area contributed by atoms with Crippen LogP contribution in [0.15, 0.2) is 59.5 Å². The first-order valence-corrected chi connectivity index (χ1v) is 8.88. The molecule has 1 N–H and O–H groups in total. The molecular formula is C18H16F3N3OS. The molecule has 4 nitrogen and oxygen atoms in total. The Morgan fingerprint density at radius 1 is 1.04 bits per heavy atom. The van der Waals surface area contributed by atoms with Gasteiger partial charge in [-0.2, -0.15) is 18.3 Å². The fourth-order valence-electron chi connectivity index (χ4n) is 2.48. The third kappa shape index (κ3) is 3.71. The molecule has 0 bridgehead atoms. The van der Waals surface area contributed by atoms with Gasteiger partial charge in [0.25, 0.3) is 0 Å². The lowest BCUT2D eigenvalue weighted by molar-refractivity contribution is -0.141. The first kappa shape index (κ1) is 18.3. The minimum Gasteiger partial charge on any atom is -0.238 e.